The molecule has 0 amide bonds. The fourth-order valence-corrected chi connectivity index (χ4v) is 3.78. The van der Waals surface area contributed by atoms with Crippen LogP contribution in [0.3, 0.4) is 0 Å². The number of aliphatic hydroxyl groups excluding tert-OH is 1. The number of hydrogen-bond donors (Lipinski definition) is 1. The summed E-state index contributed by atoms with van der Waals surface area (Å²) in [7, 11) is 0. The van der Waals surface area contributed by atoms with Crippen LogP contribution in [0.25, 0.3) is 10.9 Å². The highest BCUT2D eigenvalue weighted by molar-refractivity contribution is 5.92. The van der Waals surface area contributed by atoms with Crippen LogP contribution >= 0.6 is 0 Å². The van der Waals surface area contributed by atoms with Gasteiger partial charge in [0, 0.05) is 12.2 Å². The molecular formula is C20H32N4O. The van der Waals surface area contributed by atoms with Crippen molar-refractivity contribution >= 4 is 16.7 Å². The summed E-state index contributed by atoms with van der Waals surface area (Å²) in [6.07, 6.45) is 3.45. The van der Waals surface area contributed by atoms with Crippen molar-refractivity contribution < 1.29 is 5.11 Å². The maximum atomic E-state index is 10.4. The number of aromatic nitrogens is 3. The van der Waals surface area contributed by atoms with Crippen LogP contribution in [0.5, 0.6) is 0 Å². The van der Waals surface area contributed by atoms with Gasteiger partial charge in [-0.1, -0.05) is 27.7 Å². The second-order valence-electron chi connectivity index (χ2n) is 6.21. The van der Waals surface area contributed by atoms with E-state index in [4.69, 9.17) is 9.97 Å². The molecule has 2 aromatic heterocycles. The average Bonchev–Trinajstić information content (AvgIpc) is 2.77. The third-order valence-electron chi connectivity index (χ3n) is 4.67. The molecule has 2 aliphatic heterocycles. The molecule has 2 atom stereocenters. The third kappa shape index (κ3) is 3.76. The molecule has 5 nitrogen and oxygen atoms in total. The van der Waals surface area contributed by atoms with Crippen molar-refractivity contribution in [3.63, 3.8) is 0 Å². The van der Waals surface area contributed by atoms with Gasteiger partial charge >= 0.3 is 0 Å². The van der Waals surface area contributed by atoms with Crippen molar-refractivity contribution in [2.24, 2.45) is 0 Å². The van der Waals surface area contributed by atoms with E-state index < -0.39 is 0 Å². The van der Waals surface area contributed by atoms with E-state index in [0.717, 1.165) is 66.2 Å². The molecule has 1 N–H and O–H groups in total. The van der Waals surface area contributed by atoms with Crippen molar-refractivity contribution in [2.75, 3.05) is 11.4 Å². The normalized spacial score (nSPS) is 21.3. The monoisotopic (exact) mass is 344 g/mol. The Kier molecular flexibility index (Phi) is 6.71. The summed E-state index contributed by atoms with van der Waals surface area (Å²) < 4.78 is 0. The minimum atomic E-state index is -0.264. The Hall–Kier alpha value is -1.75. The summed E-state index contributed by atoms with van der Waals surface area (Å²) in [5, 5.41) is 11.5. The highest BCUT2D eigenvalue weighted by atomic mass is 16.3. The highest BCUT2D eigenvalue weighted by Gasteiger charge is 2.34. The lowest BCUT2D eigenvalue weighted by atomic mass is 9.95. The summed E-state index contributed by atoms with van der Waals surface area (Å²) >= 11 is 0. The second-order valence-corrected chi connectivity index (χ2v) is 6.21. The van der Waals surface area contributed by atoms with Gasteiger partial charge in [-0.2, -0.15) is 0 Å². The maximum absolute atomic E-state index is 10.4. The van der Waals surface area contributed by atoms with E-state index in [1.54, 1.807) is 0 Å². The largest absolute Gasteiger partial charge is 0.391 e. The number of hydrogen-bond acceptors (Lipinski definition) is 5. The molecule has 0 aromatic carbocycles. The quantitative estimate of drug-likeness (QED) is 0.783. The van der Waals surface area contributed by atoms with Crippen molar-refractivity contribution in [3.05, 3.63) is 23.3 Å². The summed E-state index contributed by atoms with van der Waals surface area (Å²) in [5.74, 6) is 1.76. The van der Waals surface area contributed by atoms with Gasteiger partial charge in [0.05, 0.1) is 28.7 Å². The molecule has 1 saturated heterocycles. The Morgan fingerprint density at radius 2 is 1.76 bits per heavy atom. The molecule has 1 fully saturated rings. The standard InChI is InChI=1S/C16H20N4O.2C2H6/c1-9-8-12-15-11(17-9)5-6-13-14(21)4-3-7-20(13)16(15)19-10(2)18-12;2*1-2/h8,13-14,21H,3-7H2,1-2H3;2*1-2H3. The fraction of sp³-hybridized carbons (Fsp3) is 0.650. The van der Waals surface area contributed by atoms with E-state index >= 15 is 0 Å². The lowest BCUT2D eigenvalue weighted by molar-refractivity contribution is 0.109. The lowest BCUT2D eigenvalue weighted by Gasteiger charge is -2.39. The molecule has 25 heavy (non-hydrogen) atoms. The molecule has 2 unspecified atom stereocenters. The Morgan fingerprint density at radius 3 is 2.48 bits per heavy atom. The molecule has 0 radical (unpaired) electrons. The SMILES string of the molecule is CC.CC.Cc1cc2nc(C)nc3c2c(n1)CCC1C(O)CCCN31. The molecule has 4 rings (SSSR count). The predicted octanol–water partition coefficient (Wildman–Crippen LogP) is 3.97. The van der Waals surface area contributed by atoms with Crippen molar-refractivity contribution in [3.8, 4) is 0 Å². The minimum absolute atomic E-state index is 0.158. The van der Waals surface area contributed by atoms with Gasteiger partial charge in [0.2, 0.25) is 0 Å². The van der Waals surface area contributed by atoms with Gasteiger partial charge in [-0.3, -0.25) is 4.98 Å². The summed E-state index contributed by atoms with van der Waals surface area (Å²) in [6.45, 7) is 12.9. The Balaban J connectivity index is 0.000000528. The van der Waals surface area contributed by atoms with Crippen molar-refractivity contribution in [1.29, 1.82) is 0 Å². The molecule has 138 valence electrons. The molecular weight excluding hydrogens is 312 g/mol. The first-order chi connectivity index (χ1) is 12.1. The Morgan fingerprint density at radius 1 is 1.04 bits per heavy atom. The number of anilines is 1. The molecule has 0 bridgehead atoms. The number of aliphatic hydroxyl groups is 1. The van der Waals surface area contributed by atoms with Crippen molar-refractivity contribution in [1.82, 2.24) is 15.0 Å². The van der Waals surface area contributed by atoms with Crippen LogP contribution in [0.15, 0.2) is 6.07 Å². The van der Waals surface area contributed by atoms with E-state index in [-0.39, 0.29) is 12.1 Å². The molecule has 4 heterocycles. The first kappa shape index (κ1) is 19.6. The van der Waals surface area contributed by atoms with Gasteiger partial charge in [0.25, 0.3) is 0 Å². The van der Waals surface area contributed by atoms with Crippen LogP contribution < -0.4 is 4.90 Å². The van der Waals surface area contributed by atoms with E-state index in [2.05, 4.69) is 9.88 Å². The number of rotatable bonds is 0. The van der Waals surface area contributed by atoms with Gasteiger partial charge in [-0.05, 0) is 45.6 Å². The number of nitrogens with zero attached hydrogens (tertiary/aromatic N) is 4. The zero-order chi connectivity index (χ0) is 18.6. The van der Waals surface area contributed by atoms with Gasteiger partial charge in [0.15, 0.2) is 0 Å². The van der Waals surface area contributed by atoms with Crippen LogP contribution in [-0.4, -0.2) is 38.7 Å². The maximum Gasteiger partial charge on any atom is 0.142 e. The van der Waals surface area contributed by atoms with Crippen molar-refractivity contribution in [2.45, 2.75) is 79.4 Å². The summed E-state index contributed by atoms with van der Waals surface area (Å²) in [5.41, 5.74) is 3.07. The van der Waals surface area contributed by atoms with Crippen LogP contribution in [-0.2, 0) is 6.42 Å². The van der Waals surface area contributed by atoms with E-state index in [9.17, 15) is 5.11 Å². The molecule has 0 spiro atoms. The molecule has 0 aliphatic carbocycles. The van der Waals surface area contributed by atoms with E-state index in [1.807, 2.05) is 47.6 Å². The number of fused-ring (bicyclic) bond motifs is 2. The molecule has 5 heteroatoms. The molecule has 2 aromatic rings. The van der Waals surface area contributed by atoms with Gasteiger partial charge in [-0.15, -0.1) is 0 Å². The summed E-state index contributed by atoms with van der Waals surface area (Å²) in [4.78, 5) is 16.3. The number of pyridine rings is 1. The topological polar surface area (TPSA) is 62.1 Å². The number of aryl methyl sites for hydroxylation is 3. The van der Waals surface area contributed by atoms with Gasteiger partial charge in [0.1, 0.15) is 11.6 Å². The first-order valence-electron chi connectivity index (χ1n) is 9.73. The van der Waals surface area contributed by atoms with Crippen LogP contribution in [0.4, 0.5) is 5.82 Å². The Labute approximate surface area is 151 Å². The minimum Gasteiger partial charge on any atom is -0.391 e. The molecule has 2 aliphatic rings. The second kappa shape index (κ2) is 8.56. The third-order valence-corrected chi connectivity index (χ3v) is 4.67. The first-order valence-corrected chi connectivity index (χ1v) is 9.73. The summed E-state index contributed by atoms with van der Waals surface area (Å²) in [6, 6.07) is 2.20. The average molecular weight is 345 g/mol. The van der Waals surface area contributed by atoms with Crippen LogP contribution in [0.1, 0.15) is 64.2 Å². The Bertz CT molecular complexity index is 711. The van der Waals surface area contributed by atoms with Crippen LogP contribution in [0.2, 0.25) is 0 Å². The predicted molar refractivity (Wildman–Crippen MR) is 104 cm³/mol. The number of piperidine rings is 1. The van der Waals surface area contributed by atoms with Gasteiger partial charge < -0.3 is 10.0 Å². The highest BCUT2D eigenvalue weighted by Crippen LogP contribution is 2.36. The lowest BCUT2D eigenvalue weighted by Crippen LogP contribution is -2.48. The van der Waals surface area contributed by atoms with E-state index in [0.29, 0.717) is 0 Å². The zero-order valence-electron chi connectivity index (χ0n) is 16.5. The fourth-order valence-electron chi connectivity index (χ4n) is 3.78. The zero-order valence-corrected chi connectivity index (χ0v) is 16.5. The smallest absolute Gasteiger partial charge is 0.142 e. The van der Waals surface area contributed by atoms with E-state index in [1.165, 1.54) is 0 Å². The van der Waals surface area contributed by atoms with Crippen LogP contribution in [0, 0.1) is 13.8 Å². The van der Waals surface area contributed by atoms with Gasteiger partial charge in [-0.25, -0.2) is 9.97 Å². The molecule has 0 saturated carbocycles.